The quantitative estimate of drug-likeness (QED) is 0.620. The van der Waals surface area contributed by atoms with Crippen LogP contribution in [-0.4, -0.2) is 34.1 Å². The van der Waals surface area contributed by atoms with E-state index in [2.05, 4.69) is 0 Å². The molecule has 1 atom stereocenters. The van der Waals surface area contributed by atoms with Gasteiger partial charge < -0.3 is 14.2 Å². The van der Waals surface area contributed by atoms with Gasteiger partial charge in [-0.25, -0.2) is 4.98 Å². The Labute approximate surface area is 170 Å². The number of nitrogens with zero attached hydrogens (tertiary/aromatic N) is 3. The smallest absolute Gasteiger partial charge is 0.326 e. The lowest BCUT2D eigenvalue weighted by Gasteiger charge is -2.18. The molecule has 0 saturated carbocycles. The number of rotatable bonds is 5. The van der Waals surface area contributed by atoms with E-state index in [1.807, 2.05) is 78.8 Å². The maximum absolute atomic E-state index is 12.8. The summed E-state index contributed by atoms with van der Waals surface area (Å²) < 4.78 is 7.25. The number of hydrogen-bond donors (Lipinski definition) is 0. The Morgan fingerprint density at radius 1 is 1.21 bits per heavy atom. The van der Waals surface area contributed by atoms with Gasteiger partial charge in [-0.15, -0.1) is 0 Å². The van der Waals surface area contributed by atoms with Crippen molar-refractivity contribution in [2.75, 3.05) is 11.4 Å². The molecule has 6 nitrogen and oxygen atoms in total. The number of aryl methyl sites for hydroxylation is 1. The monoisotopic (exact) mass is 391 g/mol. The normalized spacial score (nSPS) is 16.8. The van der Waals surface area contributed by atoms with Crippen LogP contribution in [0.25, 0.3) is 11.0 Å². The fourth-order valence-electron chi connectivity index (χ4n) is 3.93. The standard InChI is InChI=1S/C23H25N3O3/c1-15(2)29-22(28)14-26-20-10-5-4-9-19(20)24-23(26)17-12-21(27)25(13-17)18-8-6-7-16(3)11-18/h4-11,15,17H,12-14H2,1-3H3. The van der Waals surface area contributed by atoms with Crippen LogP contribution >= 0.6 is 0 Å². The fourth-order valence-corrected chi connectivity index (χ4v) is 3.93. The topological polar surface area (TPSA) is 64.4 Å². The third-order valence-corrected chi connectivity index (χ3v) is 5.14. The first-order valence-corrected chi connectivity index (χ1v) is 9.94. The zero-order chi connectivity index (χ0) is 20.5. The van der Waals surface area contributed by atoms with Crippen LogP contribution in [-0.2, 0) is 20.9 Å². The summed E-state index contributed by atoms with van der Waals surface area (Å²) in [5.41, 5.74) is 3.72. The van der Waals surface area contributed by atoms with Crippen molar-refractivity contribution in [1.82, 2.24) is 9.55 Å². The number of benzene rings is 2. The number of esters is 1. The Kier molecular flexibility index (Phi) is 5.09. The minimum Gasteiger partial charge on any atom is -0.462 e. The van der Waals surface area contributed by atoms with Gasteiger partial charge in [-0.2, -0.15) is 0 Å². The van der Waals surface area contributed by atoms with Crippen molar-refractivity contribution in [3.63, 3.8) is 0 Å². The molecule has 0 N–H and O–H groups in total. The second-order valence-corrected chi connectivity index (χ2v) is 7.83. The minimum atomic E-state index is -0.302. The van der Waals surface area contributed by atoms with Crippen molar-refractivity contribution in [1.29, 1.82) is 0 Å². The van der Waals surface area contributed by atoms with Crippen LogP contribution in [0, 0.1) is 6.92 Å². The van der Waals surface area contributed by atoms with Crippen molar-refractivity contribution < 1.29 is 14.3 Å². The summed E-state index contributed by atoms with van der Waals surface area (Å²) in [6.45, 7) is 6.32. The Hall–Kier alpha value is -3.15. The van der Waals surface area contributed by atoms with E-state index in [0.29, 0.717) is 13.0 Å². The molecule has 6 heteroatoms. The number of carbonyl (C=O) groups is 2. The lowest BCUT2D eigenvalue weighted by atomic mass is 10.1. The van der Waals surface area contributed by atoms with Crippen LogP contribution in [0.15, 0.2) is 48.5 Å². The van der Waals surface area contributed by atoms with E-state index in [0.717, 1.165) is 28.1 Å². The van der Waals surface area contributed by atoms with Crippen LogP contribution in [0.1, 0.15) is 37.6 Å². The molecule has 1 saturated heterocycles. The number of hydrogen-bond acceptors (Lipinski definition) is 4. The molecule has 1 aliphatic rings. The van der Waals surface area contributed by atoms with Crippen LogP contribution < -0.4 is 4.90 Å². The zero-order valence-electron chi connectivity index (χ0n) is 17.0. The number of aromatic nitrogens is 2. The van der Waals surface area contributed by atoms with Crippen molar-refractivity contribution in [2.45, 2.75) is 45.8 Å². The highest BCUT2D eigenvalue weighted by atomic mass is 16.5. The number of anilines is 1. The summed E-state index contributed by atoms with van der Waals surface area (Å²) in [5.74, 6) is 0.450. The summed E-state index contributed by atoms with van der Waals surface area (Å²) in [7, 11) is 0. The number of imidazole rings is 1. The SMILES string of the molecule is Cc1cccc(N2CC(c3nc4ccccc4n3CC(=O)OC(C)C)CC2=O)c1. The molecular weight excluding hydrogens is 366 g/mol. The molecule has 0 bridgehead atoms. The van der Waals surface area contributed by atoms with Gasteiger partial charge in [-0.3, -0.25) is 9.59 Å². The van der Waals surface area contributed by atoms with E-state index in [-0.39, 0.29) is 30.4 Å². The molecule has 2 aromatic carbocycles. The van der Waals surface area contributed by atoms with Gasteiger partial charge in [-0.05, 0) is 50.6 Å². The predicted octanol–water partition coefficient (Wildman–Crippen LogP) is 3.82. The van der Waals surface area contributed by atoms with E-state index in [1.165, 1.54) is 0 Å². The molecule has 3 aromatic rings. The van der Waals surface area contributed by atoms with Gasteiger partial charge in [0.2, 0.25) is 5.91 Å². The van der Waals surface area contributed by atoms with Gasteiger partial charge in [-0.1, -0.05) is 24.3 Å². The number of para-hydroxylation sites is 2. The maximum atomic E-state index is 12.8. The van der Waals surface area contributed by atoms with Crippen molar-refractivity contribution in [2.24, 2.45) is 0 Å². The minimum absolute atomic E-state index is 0.0731. The lowest BCUT2D eigenvalue weighted by Crippen LogP contribution is -2.25. The van der Waals surface area contributed by atoms with Gasteiger partial charge in [0.1, 0.15) is 12.4 Å². The second-order valence-electron chi connectivity index (χ2n) is 7.83. The molecule has 4 rings (SSSR count). The van der Waals surface area contributed by atoms with Crippen molar-refractivity contribution >= 4 is 28.6 Å². The number of carbonyl (C=O) groups excluding carboxylic acids is 2. The second kappa shape index (κ2) is 7.70. The Morgan fingerprint density at radius 3 is 2.76 bits per heavy atom. The van der Waals surface area contributed by atoms with E-state index in [1.54, 1.807) is 0 Å². The van der Waals surface area contributed by atoms with E-state index < -0.39 is 0 Å². The molecule has 1 unspecified atom stereocenters. The molecule has 2 heterocycles. The Balaban J connectivity index is 1.67. The first-order valence-electron chi connectivity index (χ1n) is 9.94. The van der Waals surface area contributed by atoms with Crippen LogP contribution in [0.3, 0.4) is 0 Å². The van der Waals surface area contributed by atoms with Crippen LogP contribution in [0.4, 0.5) is 5.69 Å². The summed E-state index contributed by atoms with van der Waals surface area (Å²) >= 11 is 0. The van der Waals surface area contributed by atoms with Crippen molar-refractivity contribution in [3.8, 4) is 0 Å². The zero-order valence-corrected chi connectivity index (χ0v) is 17.0. The summed E-state index contributed by atoms with van der Waals surface area (Å²) in [4.78, 5) is 31.7. The van der Waals surface area contributed by atoms with E-state index in [4.69, 9.17) is 9.72 Å². The molecule has 1 aliphatic heterocycles. The summed E-state index contributed by atoms with van der Waals surface area (Å²) in [6.07, 6.45) is 0.196. The first kappa shape index (κ1) is 19.2. The van der Waals surface area contributed by atoms with E-state index >= 15 is 0 Å². The van der Waals surface area contributed by atoms with Gasteiger partial charge in [0, 0.05) is 24.6 Å². The average Bonchev–Trinajstić information content (AvgIpc) is 3.22. The van der Waals surface area contributed by atoms with Gasteiger partial charge >= 0.3 is 5.97 Å². The third kappa shape index (κ3) is 3.88. The predicted molar refractivity (Wildman–Crippen MR) is 112 cm³/mol. The molecule has 1 aromatic heterocycles. The average molecular weight is 391 g/mol. The highest BCUT2D eigenvalue weighted by Crippen LogP contribution is 2.33. The molecule has 0 radical (unpaired) electrons. The first-order chi connectivity index (χ1) is 13.9. The number of amides is 1. The fraction of sp³-hybridized carbons (Fsp3) is 0.348. The molecule has 1 fully saturated rings. The highest BCUT2D eigenvalue weighted by Gasteiger charge is 2.35. The molecular formula is C23H25N3O3. The van der Waals surface area contributed by atoms with Crippen LogP contribution in [0.5, 0.6) is 0 Å². The summed E-state index contributed by atoms with van der Waals surface area (Å²) in [5, 5.41) is 0. The lowest BCUT2D eigenvalue weighted by molar-refractivity contribution is -0.148. The molecule has 0 spiro atoms. The Morgan fingerprint density at radius 2 is 2.00 bits per heavy atom. The van der Waals surface area contributed by atoms with E-state index in [9.17, 15) is 9.59 Å². The summed E-state index contributed by atoms with van der Waals surface area (Å²) in [6, 6.07) is 15.7. The third-order valence-electron chi connectivity index (χ3n) is 5.14. The van der Waals surface area contributed by atoms with Gasteiger partial charge in [0.25, 0.3) is 0 Å². The largest absolute Gasteiger partial charge is 0.462 e. The number of fused-ring (bicyclic) bond motifs is 1. The molecule has 1 amide bonds. The molecule has 150 valence electrons. The highest BCUT2D eigenvalue weighted by molar-refractivity contribution is 5.96. The molecule has 0 aliphatic carbocycles. The van der Waals surface area contributed by atoms with Gasteiger partial charge in [0.15, 0.2) is 0 Å². The maximum Gasteiger partial charge on any atom is 0.326 e. The van der Waals surface area contributed by atoms with Crippen molar-refractivity contribution in [3.05, 3.63) is 59.9 Å². The van der Waals surface area contributed by atoms with Gasteiger partial charge in [0.05, 0.1) is 17.1 Å². The molecule has 29 heavy (non-hydrogen) atoms. The number of ether oxygens (including phenoxy) is 1. The van der Waals surface area contributed by atoms with Crippen LogP contribution in [0.2, 0.25) is 0 Å². The Bertz CT molecular complexity index is 1070.